The maximum absolute atomic E-state index is 11.4. The molecule has 0 saturated heterocycles. The minimum absolute atomic E-state index is 0.0912. The first-order chi connectivity index (χ1) is 10.4. The van der Waals surface area contributed by atoms with Crippen molar-refractivity contribution < 1.29 is 14.6 Å². The highest BCUT2D eigenvalue weighted by atomic mass is 16.5. The summed E-state index contributed by atoms with van der Waals surface area (Å²) in [6.45, 7) is 3.95. The highest BCUT2D eigenvalue weighted by molar-refractivity contribution is 5.93. The van der Waals surface area contributed by atoms with Crippen molar-refractivity contribution in [1.82, 2.24) is 9.97 Å². The Morgan fingerprint density at radius 3 is 2.41 bits per heavy atom. The molecule has 2 rings (SSSR count). The Kier molecular flexibility index (Phi) is 4.60. The first-order valence-corrected chi connectivity index (χ1v) is 6.91. The third-order valence-corrected chi connectivity index (χ3v) is 3.46. The molecule has 0 bridgehead atoms. The van der Waals surface area contributed by atoms with Gasteiger partial charge in [0.1, 0.15) is 17.1 Å². The number of benzene rings is 1. The van der Waals surface area contributed by atoms with Crippen LogP contribution in [0.2, 0.25) is 0 Å². The molecular formula is C16H19N3O3. The Morgan fingerprint density at radius 1 is 1.27 bits per heavy atom. The van der Waals surface area contributed by atoms with E-state index < -0.39 is 5.97 Å². The van der Waals surface area contributed by atoms with Crippen LogP contribution in [0.3, 0.4) is 0 Å². The number of anilines is 1. The topological polar surface area (TPSA) is 75.6 Å². The van der Waals surface area contributed by atoms with E-state index in [1.54, 1.807) is 7.11 Å². The molecule has 1 aromatic carbocycles. The summed E-state index contributed by atoms with van der Waals surface area (Å²) in [5.41, 5.74) is 0.893. The van der Waals surface area contributed by atoms with E-state index >= 15 is 0 Å². The molecule has 0 aliphatic carbocycles. The molecule has 0 unspecified atom stereocenters. The number of methoxy groups -OCH3 is 1. The number of hydrogen-bond acceptors (Lipinski definition) is 5. The molecule has 1 heterocycles. The Labute approximate surface area is 129 Å². The van der Waals surface area contributed by atoms with E-state index in [2.05, 4.69) is 9.97 Å². The van der Waals surface area contributed by atoms with Crippen LogP contribution < -0.4 is 9.64 Å². The monoisotopic (exact) mass is 301 g/mol. The van der Waals surface area contributed by atoms with Gasteiger partial charge in [-0.05, 0) is 38.1 Å². The zero-order chi connectivity index (χ0) is 16.3. The molecule has 1 aromatic heterocycles. The number of hydrogen-bond donors (Lipinski definition) is 1. The maximum atomic E-state index is 11.4. The summed E-state index contributed by atoms with van der Waals surface area (Å²) in [4.78, 5) is 21.8. The lowest BCUT2D eigenvalue weighted by Crippen LogP contribution is -2.28. The third kappa shape index (κ3) is 3.16. The largest absolute Gasteiger partial charge is 0.497 e. The summed E-state index contributed by atoms with van der Waals surface area (Å²) >= 11 is 0. The minimum Gasteiger partial charge on any atom is -0.497 e. The quantitative estimate of drug-likeness (QED) is 0.915. The van der Waals surface area contributed by atoms with Crippen molar-refractivity contribution in [2.24, 2.45) is 0 Å². The molecule has 0 fully saturated rings. The van der Waals surface area contributed by atoms with Crippen molar-refractivity contribution in [2.45, 2.75) is 19.9 Å². The fraction of sp³-hybridized carbons (Fsp3) is 0.312. The van der Waals surface area contributed by atoms with E-state index in [4.69, 9.17) is 4.74 Å². The van der Waals surface area contributed by atoms with Gasteiger partial charge in [-0.2, -0.15) is 0 Å². The van der Waals surface area contributed by atoms with Gasteiger partial charge in [0, 0.05) is 24.8 Å². The molecule has 0 atom stereocenters. The van der Waals surface area contributed by atoms with Gasteiger partial charge in [0.2, 0.25) is 0 Å². The smallest absolute Gasteiger partial charge is 0.341 e. The van der Waals surface area contributed by atoms with Crippen LogP contribution >= 0.6 is 0 Å². The molecule has 2 aromatic rings. The van der Waals surface area contributed by atoms with Crippen LogP contribution in [-0.4, -0.2) is 41.2 Å². The molecule has 0 aliphatic heterocycles. The highest BCUT2D eigenvalue weighted by Crippen LogP contribution is 2.24. The zero-order valence-corrected chi connectivity index (χ0v) is 13.1. The van der Waals surface area contributed by atoms with Crippen LogP contribution in [0, 0.1) is 0 Å². The lowest BCUT2D eigenvalue weighted by Gasteiger charge is -2.24. The number of carboxylic acid groups (broad SMARTS) is 1. The van der Waals surface area contributed by atoms with Gasteiger partial charge in [0.05, 0.1) is 7.11 Å². The maximum Gasteiger partial charge on any atom is 0.341 e. The molecule has 0 spiro atoms. The summed E-state index contributed by atoms with van der Waals surface area (Å²) in [7, 11) is 3.42. The Balaban J connectivity index is 2.49. The van der Waals surface area contributed by atoms with Gasteiger partial charge in [0.15, 0.2) is 5.82 Å². The Hall–Kier alpha value is -2.63. The molecule has 116 valence electrons. The van der Waals surface area contributed by atoms with Gasteiger partial charge >= 0.3 is 5.97 Å². The summed E-state index contributed by atoms with van der Waals surface area (Å²) in [5, 5.41) is 9.30. The van der Waals surface area contributed by atoms with E-state index in [9.17, 15) is 9.90 Å². The van der Waals surface area contributed by atoms with Crippen LogP contribution in [0.25, 0.3) is 11.4 Å². The van der Waals surface area contributed by atoms with Crippen molar-refractivity contribution in [1.29, 1.82) is 0 Å². The predicted octanol–water partition coefficient (Wildman–Crippen LogP) is 2.70. The lowest BCUT2D eigenvalue weighted by molar-refractivity contribution is 0.0696. The minimum atomic E-state index is -1.04. The van der Waals surface area contributed by atoms with Crippen molar-refractivity contribution in [3.05, 3.63) is 36.0 Å². The lowest BCUT2D eigenvalue weighted by atomic mass is 10.2. The standard InChI is InChI=1S/C16H19N3O3/c1-10(2)19(3)15-13(16(20)21)9-17-14(18-15)11-5-7-12(22-4)8-6-11/h5-10H,1-4H3,(H,20,21). The number of ether oxygens (including phenoxy) is 1. The van der Waals surface area contributed by atoms with Crippen LogP contribution in [-0.2, 0) is 0 Å². The average Bonchev–Trinajstić information content (AvgIpc) is 2.53. The molecule has 6 heteroatoms. The first-order valence-electron chi connectivity index (χ1n) is 6.91. The number of rotatable bonds is 5. The van der Waals surface area contributed by atoms with Gasteiger partial charge in [-0.25, -0.2) is 14.8 Å². The molecule has 0 saturated carbocycles. The van der Waals surface area contributed by atoms with Crippen LogP contribution in [0.15, 0.2) is 30.5 Å². The van der Waals surface area contributed by atoms with E-state index in [-0.39, 0.29) is 11.6 Å². The fourth-order valence-corrected chi connectivity index (χ4v) is 1.92. The summed E-state index contributed by atoms with van der Waals surface area (Å²) in [5.74, 6) is 0.590. The fourth-order valence-electron chi connectivity index (χ4n) is 1.92. The van der Waals surface area contributed by atoms with Gasteiger partial charge in [0.25, 0.3) is 0 Å². The van der Waals surface area contributed by atoms with E-state index in [1.807, 2.05) is 50.1 Å². The normalized spacial score (nSPS) is 10.6. The number of carbonyl (C=O) groups is 1. The van der Waals surface area contributed by atoms with Gasteiger partial charge in [-0.1, -0.05) is 0 Å². The van der Waals surface area contributed by atoms with Crippen LogP contribution in [0.5, 0.6) is 5.75 Å². The SMILES string of the molecule is COc1ccc(-c2ncc(C(=O)O)c(N(C)C(C)C)n2)cc1. The highest BCUT2D eigenvalue weighted by Gasteiger charge is 2.19. The second-order valence-electron chi connectivity index (χ2n) is 5.17. The molecular weight excluding hydrogens is 282 g/mol. The Bertz CT molecular complexity index is 669. The molecule has 0 aliphatic rings. The second kappa shape index (κ2) is 6.43. The van der Waals surface area contributed by atoms with E-state index in [1.165, 1.54) is 6.20 Å². The summed E-state index contributed by atoms with van der Waals surface area (Å²) < 4.78 is 5.12. The predicted molar refractivity (Wildman–Crippen MR) is 84.5 cm³/mol. The molecule has 0 radical (unpaired) electrons. The first kappa shape index (κ1) is 15.8. The summed E-state index contributed by atoms with van der Waals surface area (Å²) in [6, 6.07) is 7.43. The Morgan fingerprint density at radius 2 is 1.91 bits per heavy atom. The van der Waals surface area contributed by atoms with Gasteiger partial charge < -0.3 is 14.7 Å². The average molecular weight is 301 g/mol. The van der Waals surface area contributed by atoms with Crippen molar-refractivity contribution in [2.75, 3.05) is 19.1 Å². The number of aromatic carboxylic acids is 1. The van der Waals surface area contributed by atoms with Crippen molar-refractivity contribution >= 4 is 11.8 Å². The van der Waals surface area contributed by atoms with Gasteiger partial charge in [-0.3, -0.25) is 0 Å². The summed E-state index contributed by atoms with van der Waals surface area (Å²) in [6.07, 6.45) is 1.35. The van der Waals surface area contributed by atoms with Crippen LogP contribution in [0.4, 0.5) is 5.82 Å². The molecule has 1 N–H and O–H groups in total. The second-order valence-corrected chi connectivity index (χ2v) is 5.17. The zero-order valence-electron chi connectivity index (χ0n) is 13.1. The van der Waals surface area contributed by atoms with Gasteiger partial charge in [-0.15, -0.1) is 0 Å². The molecule has 6 nitrogen and oxygen atoms in total. The number of aromatic nitrogens is 2. The molecule has 0 amide bonds. The number of carboxylic acids is 1. The van der Waals surface area contributed by atoms with Crippen LogP contribution in [0.1, 0.15) is 24.2 Å². The van der Waals surface area contributed by atoms with Crippen molar-refractivity contribution in [3.63, 3.8) is 0 Å². The molecule has 22 heavy (non-hydrogen) atoms. The van der Waals surface area contributed by atoms with Crippen molar-refractivity contribution in [3.8, 4) is 17.1 Å². The van der Waals surface area contributed by atoms with E-state index in [0.717, 1.165) is 11.3 Å². The van der Waals surface area contributed by atoms with E-state index in [0.29, 0.717) is 11.6 Å². The third-order valence-electron chi connectivity index (χ3n) is 3.46. The number of nitrogens with zero attached hydrogens (tertiary/aromatic N) is 3.